The number of hydrogen-bond donors (Lipinski definition) is 0. The minimum absolute atomic E-state index is 0.557. The van der Waals surface area contributed by atoms with Crippen molar-refractivity contribution in [3.8, 4) is 66.8 Å². The standard InChI is InChI=1S/3C28H24/c1-16(2)25-17(3)8-13-23-24(25)15-21-12-10-18-9-11-20-14-19-6-4-5-7-22(19)26(20)28(18)27(21)23;1-16(2)26-17(3)8-12-23-25(26)15-20-10-9-18-11-13-22-21-7-5-4-6-19(21)14-24(22)27(18)28(20)23;1-16(2)27-17(3)8-11-23-26(27)14-20-10-9-19-13-24-21(15-25(19)28(20)23)12-18-6-4-5-7-22(18)24/h2*4-13,16H,14-15H2,1-3H3;4-11,13,15-16H,12,14H2,1-3H3. The molecular weight excluding hydrogens is 1010 g/mol. The Balaban J connectivity index is 0.000000103. The van der Waals surface area contributed by atoms with Gasteiger partial charge < -0.3 is 0 Å². The fourth-order valence-electron chi connectivity index (χ4n) is 17.2. The van der Waals surface area contributed by atoms with Crippen molar-refractivity contribution in [2.75, 3.05) is 0 Å². The highest BCUT2D eigenvalue weighted by atomic mass is 14.4. The molecule has 0 nitrogen and oxygen atoms in total. The zero-order valence-corrected chi connectivity index (χ0v) is 50.3. The van der Waals surface area contributed by atoms with Crippen LogP contribution in [0.15, 0.2) is 182 Å². The molecule has 0 atom stereocenters. The molecule has 0 aliphatic heterocycles. The van der Waals surface area contributed by atoms with E-state index in [1.54, 1.807) is 33.4 Å². The van der Waals surface area contributed by atoms with Crippen molar-refractivity contribution < 1.29 is 0 Å². The summed E-state index contributed by atoms with van der Waals surface area (Å²) >= 11 is 0. The fraction of sp³-hybridized carbons (Fsp3) is 0.214. The van der Waals surface area contributed by atoms with Gasteiger partial charge in [0.2, 0.25) is 0 Å². The number of benzene rings is 12. The fourth-order valence-corrected chi connectivity index (χ4v) is 17.2. The summed E-state index contributed by atoms with van der Waals surface area (Å²) in [6, 6.07) is 69.2. The summed E-state index contributed by atoms with van der Waals surface area (Å²) in [5, 5.41) is 8.51. The van der Waals surface area contributed by atoms with Crippen LogP contribution in [0.3, 0.4) is 0 Å². The van der Waals surface area contributed by atoms with Gasteiger partial charge in [0.05, 0.1) is 0 Å². The third-order valence-electron chi connectivity index (χ3n) is 20.5. The molecule has 0 radical (unpaired) electrons. The lowest BCUT2D eigenvalue weighted by Gasteiger charge is -2.16. The Bertz CT molecular complexity index is 4830. The van der Waals surface area contributed by atoms with E-state index in [1.807, 2.05) is 0 Å². The topological polar surface area (TPSA) is 0 Å². The first-order valence-corrected chi connectivity index (χ1v) is 31.2. The number of rotatable bonds is 3. The molecule has 12 aromatic rings. The molecule has 12 aromatic carbocycles. The summed E-state index contributed by atoms with van der Waals surface area (Å²) in [5.74, 6) is 1.68. The van der Waals surface area contributed by atoms with E-state index in [-0.39, 0.29) is 0 Å². The molecular formula is C84H72. The number of fused-ring (bicyclic) bond motifs is 26. The minimum Gasteiger partial charge on any atom is -0.0619 e. The first kappa shape index (κ1) is 51.1. The largest absolute Gasteiger partial charge is 0.0619 e. The monoisotopic (exact) mass is 1080 g/mol. The quantitative estimate of drug-likeness (QED) is 0.165. The molecule has 6 aliphatic carbocycles. The predicted octanol–water partition coefficient (Wildman–Crippen LogP) is 22.2. The molecule has 0 spiro atoms. The van der Waals surface area contributed by atoms with Crippen LogP contribution in [-0.2, 0) is 38.5 Å². The second-order valence-corrected chi connectivity index (χ2v) is 26.4. The molecule has 0 saturated carbocycles. The van der Waals surface area contributed by atoms with Crippen LogP contribution in [0.1, 0.15) is 159 Å². The van der Waals surface area contributed by atoms with Crippen molar-refractivity contribution in [2.24, 2.45) is 0 Å². The lowest BCUT2D eigenvalue weighted by Crippen LogP contribution is -1.98. The maximum atomic E-state index is 2.48. The van der Waals surface area contributed by atoms with Crippen LogP contribution in [0.25, 0.3) is 99.1 Å². The van der Waals surface area contributed by atoms with Crippen molar-refractivity contribution in [2.45, 2.75) is 119 Å². The first-order chi connectivity index (χ1) is 40.9. The van der Waals surface area contributed by atoms with Crippen LogP contribution in [0.2, 0.25) is 0 Å². The lowest BCUT2D eigenvalue weighted by atomic mass is 9.88. The molecule has 0 saturated heterocycles. The molecule has 18 rings (SSSR count). The first-order valence-electron chi connectivity index (χ1n) is 31.2. The molecule has 408 valence electrons. The molecule has 0 N–H and O–H groups in total. The van der Waals surface area contributed by atoms with Gasteiger partial charge in [0.15, 0.2) is 0 Å². The van der Waals surface area contributed by atoms with Crippen LogP contribution < -0.4 is 0 Å². The molecule has 84 heavy (non-hydrogen) atoms. The Hall–Kier alpha value is -8.58. The van der Waals surface area contributed by atoms with E-state index in [0.717, 1.165) is 38.5 Å². The van der Waals surface area contributed by atoms with Gasteiger partial charge in [0.1, 0.15) is 0 Å². The van der Waals surface area contributed by atoms with Crippen molar-refractivity contribution in [3.63, 3.8) is 0 Å². The van der Waals surface area contributed by atoms with Crippen molar-refractivity contribution in [1.29, 1.82) is 0 Å². The van der Waals surface area contributed by atoms with Gasteiger partial charge in [-0.05, 0) is 288 Å². The molecule has 0 aromatic heterocycles. The normalized spacial score (nSPS) is 13.6. The Kier molecular flexibility index (Phi) is 11.7. The summed E-state index contributed by atoms with van der Waals surface area (Å²) in [4.78, 5) is 0. The van der Waals surface area contributed by atoms with E-state index >= 15 is 0 Å². The summed E-state index contributed by atoms with van der Waals surface area (Å²) in [5.41, 5.74) is 44.4. The summed E-state index contributed by atoms with van der Waals surface area (Å²) in [6.07, 6.45) is 6.39. The van der Waals surface area contributed by atoms with Crippen LogP contribution in [-0.4, -0.2) is 0 Å². The van der Waals surface area contributed by atoms with Crippen molar-refractivity contribution in [1.82, 2.24) is 0 Å². The molecule has 0 fully saturated rings. The highest BCUT2D eigenvalue weighted by Gasteiger charge is 2.32. The van der Waals surface area contributed by atoms with Crippen LogP contribution in [0.5, 0.6) is 0 Å². The van der Waals surface area contributed by atoms with E-state index in [9.17, 15) is 0 Å². The molecule has 0 bridgehead atoms. The second kappa shape index (κ2) is 19.2. The van der Waals surface area contributed by atoms with Gasteiger partial charge in [0.25, 0.3) is 0 Å². The second-order valence-electron chi connectivity index (χ2n) is 26.4. The zero-order chi connectivity index (χ0) is 57.0. The van der Waals surface area contributed by atoms with E-state index in [2.05, 4.69) is 244 Å². The summed E-state index contributed by atoms with van der Waals surface area (Å²) < 4.78 is 0. The maximum Gasteiger partial charge on any atom is -0.000706 e. The average molecular weight is 1080 g/mol. The molecule has 6 aliphatic rings. The van der Waals surface area contributed by atoms with Crippen molar-refractivity contribution >= 4 is 32.3 Å². The SMILES string of the molecule is Cc1ccc2c(c1C(C)C)Cc1ccc3cc4c(cc3c1-2)Cc1ccccc1-4.Cc1ccc2c(c1C(C)C)Cc1ccc3ccc4c(c3c1-2)-c1ccccc1C4.Cc1ccc2c(c1C(C)C)Cc1ccc3ccc4c(c3c1-2)Cc1ccccc1-4. The van der Waals surface area contributed by atoms with Gasteiger partial charge in [-0.25, -0.2) is 0 Å². The Morgan fingerprint density at radius 2 is 0.619 bits per heavy atom. The smallest absolute Gasteiger partial charge is 0.000706 e. The number of aryl methyl sites for hydroxylation is 3. The van der Waals surface area contributed by atoms with E-state index in [4.69, 9.17) is 0 Å². The van der Waals surface area contributed by atoms with Crippen molar-refractivity contribution in [3.05, 3.63) is 282 Å². The van der Waals surface area contributed by atoms with E-state index < -0.39 is 0 Å². The number of hydrogen-bond acceptors (Lipinski definition) is 0. The molecule has 0 amide bonds. The predicted molar refractivity (Wildman–Crippen MR) is 358 cm³/mol. The average Bonchev–Trinajstić information content (AvgIpc) is 1.77. The van der Waals surface area contributed by atoms with E-state index in [0.29, 0.717) is 17.8 Å². The minimum atomic E-state index is 0.557. The third kappa shape index (κ3) is 7.65. The van der Waals surface area contributed by atoms with Gasteiger partial charge in [0, 0.05) is 0 Å². The van der Waals surface area contributed by atoms with Gasteiger partial charge in [-0.15, -0.1) is 0 Å². The summed E-state index contributed by atoms with van der Waals surface area (Å²) in [6.45, 7) is 20.8. The lowest BCUT2D eigenvalue weighted by molar-refractivity contribution is 0.842. The summed E-state index contributed by atoms with van der Waals surface area (Å²) in [7, 11) is 0. The van der Waals surface area contributed by atoms with Crippen LogP contribution in [0.4, 0.5) is 0 Å². The highest BCUT2D eigenvalue weighted by Crippen LogP contribution is 2.53. The van der Waals surface area contributed by atoms with Gasteiger partial charge in [-0.1, -0.05) is 211 Å². The molecule has 0 heteroatoms. The van der Waals surface area contributed by atoms with Crippen LogP contribution in [0, 0.1) is 20.8 Å². The third-order valence-corrected chi connectivity index (χ3v) is 20.5. The highest BCUT2D eigenvalue weighted by molar-refractivity contribution is 6.12. The molecule has 0 heterocycles. The van der Waals surface area contributed by atoms with Crippen LogP contribution >= 0.6 is 0 Å². The Labute approximate surface area is 496 Å². The van der Waals surface area contributed by atoms with Gasteiger partial charge in [-0.3, -0.25) is 0 Å². The zero-order valence-electron chi connectivity index (χ0n) is 50.3. The molecule has 0 unspecified atom stereocenters. The van der Waals surface area contributed by atoms with Gasteiger partial charge >= 0.3 is 0 Å². The van der Waals surface area contributed by atoms with Gasteiger partial charge in [-0.2, -0.15) is 0 Å². The Morgan fingerprint density at radius 1 is 0.250 bits per heavy atom. The Morgan fingerprint density at radius 3 is 1.17 bits per heavy atom. The maximum absolute atomic E-state index is 2.48. The van der Waals surface area contributed by atoms with E-state index in [1.165, 1.54) is 166 Å².